The molecule has 0 aliphatic rings. The lowest BCUT2D eigenvalue weighted by Crippen LogP contribution is -2.26. The van der Waals surface area contributed by atoms with E-state index in [-0.39, 0.29) is 11.8 Å². The molecule has 3 aromatic rings. The second kappa shape index (κ2) is 9.26. The molecule has 4 heteroatoms. The normalized spacial score (nSPS) is 12.1. The molecule has 0 unspecified atom stereocenters. The lowest BCUT2D eigenvalue weighted by Gasteiger charge is -2.19. The molecule has 2 aromatic carbocycles. The van der Waals surface area contributed by atoms with Crippen molar-refractivity contribution in [1.82, 2.24) is 10.3 Å². The molecule has 3 rings (SSSR count). The van der Waals surface area contributed by atoms with Gasteiger partial charge in [0.25, 0.3) is 0 Å². The number of nitrogens with one attached hydrogen (secondary N) is 2. The van der Waals surface area contributed by atoms with Gasteiger partial charge in [-0.15, -0.1) is 0 Å². The number of H-pyrrole nitrogens is 1. The third kappa shape index (κ3) is 4.51. The van der Waals surface area contributed by atoms with Crippen LogP contribution in [-0.2, 0) is 4.79 Å². The van der Waals surface area contributed by atoms with E-state index in [4.69, 9.17) is 4.74 Å². The Morgan fingerprint density at radius 1 is 1.07 bits per heavy atom. The monoisotopic (exact) mass is 364 g/mol. The quantitative estimate of drug-likeness (QED) is 0.525. The highest BCUT2D eigenvalue weighted by Gasteiger charge is 2.23. The van der Waals surface area contributed by atoms with Crippen molar-refractivity contribution >= 4 is 16.8 Å². The number of rotatable bonds is 9. The van der Waals surface area contributed by atoms with Crippen LogP contribution in [0, 0.1) is 0 Å². The van der Waals surface area contributed by atoms with Crippen LogP contribution in [0.15, 0.2) is 54.7 Å². The summed E-state index contributed by atoms with van der Waals surface area (Å²) in [5, 5.41) is 4.22. The van der Waals surface area contributed by atoms with Gasteiger partial charge in [-0.05, 0) is 24.1 Å². The molecule has 0 aliphatic heterocycles. The molecule has 1 heterocycles. The molecule has 1 aromatic heterocycles. The molecule has 0 spiro atoms. The Hall–Kier alpha value is -2.75. The lowest BCUT2D eigenvalue weighted by atomic mass is 9.87. The largest absolute Gasteiger partial charge is 0.496 e. The first-order chi connectivity index (χ1) is 13.2. The molecule has 0 saturated carbocycles. The Morgan fingerprint density at radius 2 is 1.85 bits per heavy atom. The SMILES string of the molecule is CCCCCNC(=O)C[C@@H](c1ccccc1OC)c1c[nH]c2ccccc12. The highest BCUT2D eigenvalue weighted by molar-refractivity contribution is 5.86. The van der Waals surface area contributed by atoms with E-state index in [1.54, 1.807) is 7.11 Å². The average Bonchev–Trinajstić information content (AvgIpc) is 3.13. The first-order valence-electron chi connectivity index (χ1n) is 9.70. The molecule has 142 valence electrons. The van der Waals surface area contributed by atoms with Crippen LogP contribution in [0.2, 0.25) is 0 Å². The summed E-state index contributed by atoms with van der Waals surface area (Å²) in [4.78, 5) is 16.0. The zero-order valence-corrected chi connectivity index (χ0v) is 16.1. The van der Waals surface area contributed by atoms with Crippen LogP contribution in [-0.4, -0.2) is 24.5 Å². The molecule has 1 amide bonds. The van der Waals surface area contributed by atoms with Crippen molar-refractivity contribution in [3.63, 3.8) is 0 Å². The van der Waals surface area contributed by atoms with Gasteiger partial charge in [-0.1, -0.05) is 56.2 Å². The number of hydrogen-bond donors (Lipinski definition) is 2. The summed E-state index contributed by atoms with van der Waals surface area (Å²) in [6.07, 6.45) is 5.73. The summed E-state index contributed by atoms with van der Waals surface area (Å²) in [6.45, 7) is 2.90. The predicted molar refractivity (Wildman–Crippen MR) is 110 cm³/mol. The highest BCUT2D eigenvalue weighted by atomic mass is 16.5. The number of hydrogen-bond acceptors (Lipinski definition) is 2. The minimum atomic E-state index is -0.0662. The Labute approximate surface area is 160 Å². The standard InChI is InChI=1S/C23H28N2O2/c1-3-4-9-14-24-23(26)15-19(18-11-6-8-13-22(18)27-2)20-16-25-21-12-7-5-10-17(20)21/h5-8,10-13,16,19,25H,3-4,9,14-15H2,1-2H3,(H,24,26)/t19-/m0/s1. The second-order valence-corrected chi connectivity index (χ2v) is 6.85. The van der Waals surface area contributed by atoms with Gasteiger partial charge in [0.2, 0.25) is 5.91 Å². The van der Waals surface area contributed by atoms with Crippen LogP contribution in [0.4, 0.5) is 0 Å². The van der Waals surface area contributed by atoms with E-state index in [0.29, 0.717) is 6.42 Å². The summed E-state index contributed by atoms with van der Waals surface area (Å²) < 4.78 is 5.59. The molecule has 0 saturated heterocycles. The molecule has 27 heavy (non-hydrogen) atoms. The van der Waals surface area contributed by atoms with Crippen molar-refractivity contribution in [2.45, 2.75) is 38.5 Å². The number of para-hydroxylation sites is 2. The van der Waals surface area contributed by atoms with E-state index < -0.39 is 0 Å². The van der Waals surface area contributed by atoms with Crippen LogP contribution in [0.25, 0.3) is 10.9 Å². The number of benzene rings is 2. The number of fused-ring (bicyclic) bond motifs is 1. The fraction of sp³-hybridized carbons (Fsp3) is 0.348. The maximum atomic E-state index is 12.7. The van der Waals surface area contributed by atoms with Crippen LogP contribution in [0.3, 0.4) is 0 Å². The Kier molecular flexibility index (Phi) is 6.53. The second-order valence-electron chi connectivity index (χ2n) is 6.85. The number of carbonyl (C=O) groups is 1. The van der Waals surface area contributed by atoms with E-state index in [9.17, 15) is 4.79 Å². The summed E-state index contributed by atoms with van der Waals surface area (Å²) in [5.41, 5.74) is 3.24. The number of aromatic nitrogens is 1. The zero-order valence-electron chi connectivity index (χ0n) is 16.1. The zero-order chi connectivity index (χ0) is 19.1. The van der Waals surface area contributed by atoms with Gasteiger partial charge >= 0.3 is 0 Å². The average molecular weight is 364 g/mol. The van der Waals surface area contributed by atoms with Gasteiger partial charge in [0.05, 0.1) is 7.11 Å². The summed E-state index contributed by atoms with van der Waals surface area (Å²) in [6, 6.07) is 16.2. The number of aromatic amines is 1. The molecule has 0 radical (unpaired) electrons. The smallest absolute Gasteiger partial charge is 0.220 e. The summed E-state index contributed by atoms with van der Waals surface area (Å²) in [5.74, 6) is 0.822. The van der Waals surface area contributed by atoms with Crippen molar-refractivity contribution in [2.24, 2.45) is 0 Å². The molecular weight excluding hydrogens is 336 g/mol. The van der Waals surface area contributed by atoms with Gasteiger partial charge in [-0.25, -0.2) is 0 Å². The van der Waals surface area contributed by atoms with E-state index in [1.165, 1.54) is 0 Å². The van der Waals surface area contributed by atoms with Crippen molar-refractivity contribution < 1.29 is 9.53 Å². The maximum Gasteiger partial charge on any atom is 0.220 e. The van der Waals surface area contributed by atoms with Gasteiger partial charge in [0.1, 0.15) is 5.75 Å². The van der Waals surface area contributed by atoms with Gasteiger partial charge in [0.15, 0.2) is 0 Å². The van der Waals surface area contributed by atoms with Gasteiger partial charge < -0.3 is 15.0 Å². The molecule has 1 atom stereocenters. The first-order valence-corrected chi connectivity index (χ1v) is 9.70. The van der Waals surface area contributed by atoms with Crippen molar-refractivity contribution in [2.75, 3.05) is 13.7 Å². The summed E-state index contributed by atoms with van der Waals surface area (Å²) >= 11 is 0. The molecule has 2 N–H and O–H groups in total. The van der Waals surface area contributed by atoms with Crippen molar-refractivity contribution in [3.05, 3.63) is 65.9 Å². The van der Waals surface area contributed by atoms with Gasteiger partial charge in [-0.3, -0.25) is 4.79 Å². The molecule has 0 fully saturated rings. The molecule has 0 bridgehead atoms. The van der Waals surface area contributed by atoms with E-state index in [0.717, 1.165) is 53.6 Å². The third-order valence-electron chi connectivity index (χ3n) is 5.00. The fourth-order valence-corrected chi connectivity index (χ4v) is 3.58. The topological polar surface area (TPSA) is 54.1 Å². The highest BCUT2D eigenvalue weighted by Crippen LogP contribution is 2.37. The van der Waals surface area contributed by atoms with E-state index in [2.05, 4.69) is 35.4 Å². The third-order valence-corrected chi connectivity index (χ3v) is 5.00. The van der Waals surface area contributed by atoms with Crippen LogP contribution >= 0.6 is 0 Å². The number of ether oxygens (including phenoxy) is 1. The minimum absolute atomic E-state index is 0.0662. The Balaban J connectivity index is 1.91. The predicted octanol–water partition coefficient (Wildman–Crippen LogP) is 5.00. The molecular formula is C23H28N2O2. The van der Waals surface area contributed by atoms with E-state index >= 15 is 0 Å². The number of amides is 1. The fourth-order valence-electron chi connectivity index (χ4n) is 3.58. The van der Waals surface area contributed by atoms with E-state index in [1.807, 2.05) is 36.5 Å². The Morgan fingerprint density at radius 3 is 2.67 bits per heavy atom. The van der Waals surface area contributed by atoms with Crippen molar-refractivity contribution in [1.29, 1.82) is 0 Å². The van der Waals surface area contributed by atoms with Crippen LogP contribution in [0.5, 0.6) is 5.75 Å². The molecule has 0 aliphatic carbocycles. The van der Waals surface area contributed by atoms with Crippen molar-refractivity contribution in [3.8, 4) is 5.75 Å². The summed E-state index contributed by atoms with van der Waals surface area (Å²) in [7, 11) is 1.68. The van der Waals surface area contributed by atoms with Crippen LogP contribution in [0.1, 0.15) is 49.7 Å². The Bertz CT molecular complexity index is 885. The first kappa shape index (κ1) is 19.0. The minimum Gasteiger partial charge on any atom is -0.496 e. The lowest BCUT2D eigenvalue weighted by molar-refractivity contribution is -0.121. The number of unbranched alkanes of at least 4 members (excludes halogenated alkanes) is 2. The van der Waals surface area contributed by atoms with Crippen LogP contribution < -0.4 is 10.1 Å². The number of methoxy groups -OCH3 is 1. The number of carbonyl (C=O) groups excluding carboxylic acids is 1. The molecule has 4 nitrogen and oxygen atoms in total. The van der Waals surface area contributed by atoms with Gasteiger partial charge in [-0.2, -0.15) is 0 Å². The maximum absolute atomic E-state index is 12.7. The van der Waals surface area contributed by atoms with Gasteiger partial charge in [0, 0.05) is 41.5 Å².